The first kappa shape index (κ1) is 15.1. The Morgan fingerprint density at radius 2 is 1.96 bits per heavy atom. The van der Waals surface area contributed by atoms with Crippen LogP contribution in [0, 0.1) is 11.3 Å². The number of ether oxygens (including phenoxy) is 1. The highest BCUT2D eigenvalue weighted by Gasteiger charge is 2.10. The molecule has 4 nitrogen and oxygen atoms in total. The van der Waals surface area contributed by atoms with Gasteiger partial charge in [-0.15, -0.1) is 0 Å². The Balaban J connectivity index is 2.00. The van der Waals surface area contributed by atoms with E-state index in [2.05, 4.69) is 29.0 Å². The molecule has 0 unspecified atom stereocenters. The minimum absolute atomic E-state index is 0.618. The molecule has 2 aromatic carbocycles. The van der Waals surface area contributed by atoms with Crippen molar-refractivity contribution in [1.29, 1.82) is 5.26 Å². The number of methoxy groups -OCH3 is 1. The molecule has 0 saturated carbocycles. The van der Waals surface area contributed by atoms with Crippen LogP contribution < -0.4 is 10.5 Å². The van der Waals surface area contributed by atoms with Crippen LogP contribution in [0.5, 0.6) is 5.75 Å². The van der Waals surface area contributed by atoms with Crippen LogP contribution in [0.2, 0.25) is 0 Å². The number of nitrogens with zero attached hydrogens (tertiary/aromatic N) is 2. The van der Waals surface area contributed by atoms with Gasteiger partial charge >= 0.3 is 0 Å². The van der Waals surface area contributed by atoms with Gasteiger partial charge in [-0.1, -0.05) is 12.1 Å². The molecule has 3 aromatic rings. The molecule has 0 aliphatic rings. The SMILES string of the molecule is COc1ccc2c(c1)c(CCN)cn2Cc1ccc(C#N)cc1. The molecule has 0 saturated heterocycles. The maximum absolute atomic E-state index is 8.89. The number of nitrogens with two attached hydrogens (primary N) is 1. The van der Waals surface area contributed by atoms with Crippen LogP contribution in [-0.2, 0) is 13.0 Å². The van der Waals surface area contributed by atoms with Gasteiger partial charge in [0, 0.05) is 23.6 Å². The molecular formula is C19H19N3O. The Morgan fingerprint density at radius 1 is 1.17 bits per heavy atom. The molecule has 0 amide bonds. The van der Waals surface area contributed by atoms with Crippen molar-refractivity contribution in [2.24, 2.45) is 5.73 Å². The maximum atomic E-state index is 8.89. The predicted octanol–water partition coefficient (Wildman–Crippen LogP) is 3.07. The molecular weight excluding hydrogens is 286 g/mol. The van der Waals surface area contributed by atoms with Crippen LogP contribution in [0.4, 0.5) is 0 Å². The lowest BCUT2D eigenvalue weighted by Crippen LogP contribution is -2.02. The average molecular weight is 305 g/mol. The summed E-state index contributed by atoms with van der Waals surface area (Å²) in [5.41, 5.74) is 9.98. The van der Waals surface area contributed by atoms with Crippen molar-refractivity contribution in [2.75, 3.05) is 13.7 Å². The molecule has 4 heteroatoms. The maximum Gasteiger partial charge on any atom is 0.119 e. The number of benzene rings is 2. The zero-order valence-electron chi connectivity index (χ0n) is 13.1. The number of hydrogen-bond donors (Lipinski definition) is 1. The second-order valence-corrected chi connectivity index (χ2v) is 5.51. The van der Waals surface area contributed by atoms with Gasteiger partial charge in [-0.25, -0.2) is 0 Å². The van der Waals surface area contributed by atoms with E-state index < -0.39 is 0 Å². The summed E-state index contributed by atoms with van der Waals surface area (Å²) in [5.74, 6) is 0.854. The fourth-order valence-corrected chi connectivity index (χ4v) is 2.84. The van der Waals surface area contributed by atoms with Crippen molar-refractivity contribution in [1.82, 2.24) is 4.57 Å². The summed E-state index contributed by atoms with van der Waals surface area (Å²) >= 11 is 0. The minimum atomic E-state index is 0.618. The summed E-state index contributed by atoms with van der Waals surface area (Å²) in [5, 5.41) is 10.1. The van der Waals surface area contributed by atoms with Gasteiger partial charge in [-0.2, -0.15) is 5.26 Å². The highest BCUT2D eigenvalue weighted by atomic mass is 16.5. The van der Waals surface area contributed by atoms with Gasteiger partial charge in [-0.05, 0) is 54.4 Å². The van der Waals surface area contributed by atoms with E-state index in [1.807, 2.05) is 30.3 Å². The number of aromatic nitrogens is 1. The molecule has 0 radical (unpaired) electrons. The zero-order valence-corrected chi connectivity index (χ0v) is 13.1. The minimum Gasteiger partial charge on any atom is -0.497 e. The van der Waals surface area contributed by atoms with Crippen molar-refractivity contribution in [2.45, 2.75) is 13.0 Å². The molecule has 1 aromatic heterocycles. The molecule has 0 atom stereocenters. The van der Waals surface area contributed by atoms with E-state index in [4.69, 9.17) is 15.7 Å². The summed E-state index contributed by atoms with van der Waals surface area (Å²) in [4.78, 5) is 0. The molecule has 0 bridgehead atoms. The van der Waals surface area contributed by atoms with Crippen molar-refractivity contribution in [3.8, 4) is 11.8 Å². The molecule has 1 heterocycles. The van der Waals surface area contributed by atoms with Crippen LogP contribution >= 0.6 is 0 Å². The van der Waals surface area contributed by atoms with Gasteiger partial charge < -0.3 is 15.0 Å². The monoisotopic (exact) mass is 305 g/mol. The second-order valence-electron chi connectivity index (χ2n) is 5.51. The number of hydrogen-bond acceptors (Lipinski definition) is 3. The average Bonchev–Trinajstić information content (AvgIpc) is 2.93. The van der Waals surface area contributed by atoms with Gasteiger partial charge in [0.15, 0.2) is 0 Å². The molecule has 23 heavy (non-hydrogen) atoms. The third-order valence-electron chi connectivity index (χ3n) is 4.02. The van der Waals surface area contributed by atoms with Gasteiger partial charge in [0.25, 0.3) is 0 Å². The lowest BCUT2D eigenvalue weighted by molar-refractivity contribution is 0.415. The molecule has 2 N–H and O–H groups in total. The lowest BCUT2D eigenvalue weighted by Gasteiger charge is -2.06. The Kier molecular flexibility index (Phi) is 4.31. The second kappa shape index (κ2) is 6.55. The topological polar surface area (TPSA) is 64.0 Å². The quantitative estimate of drug-likeness (QED) is 0.788. The van der Waals surface area contributed by atoms with E-state index in [1.165, 1.54) is 16.5 Å². The molecule has 116 valence electrons. The Labute approximate surface area is 135 Å². The molecule has 0 aliphatic carbocycles. The van der Waals surface area contributed by atoms with E-state index in [1.54, 1.807) is 7.11 Å². The molecule has 3 rings (SSSR count). The standard InChI is InChI=1S/C19H19N3O/c1-23-17-6-7-19-18(10-17)16(8-9-20)13-22(19)12-15-4-2-14(11-21)3-5-15/h2-7,10,13H,8-9,12,20H2,1H3. The van der Waals surface area contributed by atoms with E-state index in [0.29, 0.717) is 12.1 Å². The summed E-state index contributed by atoms with van der Waals surface area (Å²) < 4.78 is 7.56. The van der Waals surface area contributed by atoms with E-state index in [0.717, 1.165) is 24.3 Å². The van der Waals surface area contributed by atoms with Crippen LogP contribution in [0.3, 0.4) is 0 Å². The largest absolute Gasteiger partial charge is 0.497 e. The summed E-state index contributed by atoms with van der Waals surface area (Å²) in [6.45, 7) is 1.38. The highest BCUT2D eigenvalue weighted by molar-refractivity contribution is 5.85. The third-order valence-corrected chi connectivity index (χ3v) is 4.02. The lowest BCUT2D eigenvalue weighted by atomic mass is 10.1. The van der Waals surface area contributed by atoms with Crippen molar-refractivity contribution >= 4 is 10.9 Å². The van der Waals surface area contributed by atoms with E-state index in [9.17, 15) is 0 Å². The van der Waals surface area contributed by atoms with Crippen molar-refractivity contribution in [3.05, 3.63) is 65.4 Å². The van der Waals surface area contributed by atoms with E-state index in [-0.39, 0.29) is 0 Å². The molecule has 0 fully saturated rings. The van der Waals surface area contributed by atoms with E-state index >= 15 is 0 Å². The molecule has 0 spiro atoms. The van der Waals surface area contributed by atoms with Crippen LogP contribution in [0.15, 0.2) is 48.7 Å². The summed E-state index contributed by atoms with van der Waals surface area (Å²) in [6, 6.07) is 16.0. The zero-order chi connectivity index (χ0) is 16.2. The fraction of sp³-hybridized carbons (Fsp3) is 0.211. The fourth-order valence-electron chi connectivity index (χ4n) is 2.84. The summed E-state index contributed by atoms with van der Waals surface area (Å²) in [7, 11) is 1.68. The Morgan fingerprint density at radius 3 is 2.61 bits per heavy atom. The third kappa shape index (κ3) is 3.05. The first-order valence-corrected chi connectivity index (χ1v) is 7.60. The predicted molar refractivity (Wildman–Crippen MR) is 91.5 cm³/mol. The van der Waals surface area contributed by atoms with Crippen molar-refractivity contribution < 1.29 is 4.74 Å². The van der Waals surface area contributed by atoms with Crippen LogP contribution in [0.25, 0.3) is 10.9 Å². The Hall–Kier alpha value is -2.77. The number of rotatable bonds is 5. The Bertz CT molecular complexity index is 857. The van der Waals surface area contributed by atoms with Gasteiger partial charge in [0.2, 0.25) is 0 Å². The molecule has 0 aliphatic heterocycles. The summed E-state index contributed by atoms with van der Waals surface area (Å²) in [6.07, 6.45) is 3.00. The normalized spacial score (nSPS) is 10.7. The number of fused-ring (bicyclic) bond motifs is 1. The van der Waals surface area contributed by atoms with Gasteiger partial charge in [-0.3, -0.25) is 0 Å². The van der Waals surface area contributed by atoms with Gasteiger partial charge in [0.05, 0.1) is 18.7 Å². The van der Waals surface area contributed by atoms with Crippen molar-refractivity contribution in [3.63, 3.8) is 0 Å². The first-order valence-electron chi connectivity index (χ1n) is 7.60. The first-order chi connectivity index (χ1) is 11.2. The van der Waals surface area contributed by atoms with Gasteiger partial charge in [0.1, 0.15) is 5.75 Å². The number of nitriles is 1. The highest BCUT2D eigenvalue weighted by Crippen LogP contribution is 2.27. The van der Waals surface area contributed by atoms with Crippen LogP contribution in [-0.4, -0.2) is 18.2 Å². The smallest absolute Gasteiger partial charge is 0.119 e. The van der Waals surface area contributed by atoms with Crippen LogP contribution in [0.1, 0.15) is 16.7 Å².